The van der Waals surface area contributed by atoms with E-state index in [0.29, 0.717) is 5.56 Å². The number of esters is 1. The van der Waals surface area contributed by atoms with Crippen molar-refractivity contribution in [3.05, 3.63) is 35.4 Å². The van der Waals surface area contributed by atoms with E-state index in [1.54, 1.807) is 19.1 Å². The number of carbonyl (C=O) groups is 2. The molecule has 0 saturated carbocycles. The third kappa shape index (κ3) is 2.65. The largest absolute Gasteiger partial charge is 0.460 e. The van der Waals surface area contributed by atoms with E-state index in [2.05, 4.69) is 4.74 Å². The molecule has 1 aromatic rings. The van der Waals surface area contributed by atoms with Crippen molar-refractivity contribution in [3.8, 4) is 0 Å². The van der Waals surface area contributed by atoms with Gasteiger partial charge in [0.25, 0.3) is 5.78 Å². The summed E-state index contributed by atoms with van der Waals surface area (Å²) in [6.07, 6.45) is 0.724. The maximum absolute atomic E-state index is 11.6. The Kier molecular flexibility index (Phi) is 4.03. The summed E-state index contributed by atoms with van der Waals surface area (Å²) in [6.45, 7) is 3.84. The number of aryl methyl sites for hydroxylation is 1. The molecule has 0 heterocycles. The normalized spacial score (nSPS) is 9.73. The topological polar surface area (TPSA) is 43.4 Å². The van der Waals surface area contributed by atoms with Crippen LogP contribution in [-0.4, -0.2) is 18.4 Å². The third-order valence-corrected chi connectivity index (χ3v) is 2.10. The molecule has 80 valence electrons. The summed E-state index contributed by atoms with van der Waals surface area (Å²) in [5.74, 6) is -1.34. The fourth-order valence-corrected chi connectivity index (χ4v) is 1.36. The maximum Gasteiger partial charge on any atom is 0.379 e. The molecule has 0 aliphatic rings. The lowest BCUT2D eigenvalue weighted by Crippen LogP contribution is -2.18. The molecule has 0 amide bonds. The Morgan fingerprint density at radius 1 is 1.20 bits per heavy atom. The molecule has 0 aliphatic carbocycles. The van der Waals surface area contributed by atoms with Crippen molar-refractivity contribution < 1.29 is 14.3 Å². The summed E-state index contributed by atoms with van der Waals surface area (Å²) in [5, 5.41) is 0. The Morgan fingerprint density at radius 2 is 1.87 bits per heavy atom. The summed E-state index contributed by atoms with van der Waals surface area (Å²) in [5.41, 5.74) is 1.31. The predicted molar refractivity (Wildman–Crippen MR) is 56.8 cm³/mol. The van der Waals surface area contributed by atoms with Gasteiger partial charge in [-0.1, -0.05) is 31.2 Å². The van der Waals surface area contributed by atoms with Crippen molar-refractivity contribution in [3.63, 3.8) is 0 Å². The lowest BCUT2D eigenvalue weighted by molar-refractivity contribution is -0.137. The van der Waals surface area contributed by atoms with Gasteiger partial charge in [-0.15, -0.1) is 0 Å². The second-order valence-corrected chi connectivity index (χ2v) is 3.06. The first-order chi connectivity index (χ1) is 7.20. The fraction of sp³-hybridized carbons (Fsp3) is 0.333. The number of carbonyl (C=O) groups excluding carboxylic acids is 2. The highest BCUT2D eigenvalue weighted by Gasteiger charge is 2.19. The Hall–Kier alpha value is -1.64. The van der Waals surface area contributed by atoms with Gasteiger partial charge >= 0.3 is 5.97 Å². The van der Waals surface area contributed by atoms with Gasteiger partial charge in [-0.2, -0.15) is 0 Å². The molecular formula is C12H14O3. The van der Waals surface area contributed by atoms with E-state index in [9.17, 15) is 9.59 Å². The molecule has 0 bridgehead atoms. The van der Waals surface area contributed by atoms with Gasteiger partial charge in [-0.05, 0) is 18.9 Å². The van der Waals surface area contributed by atoms with Crippen LogP contribution in [0.4, 0.5) is 0 Å². The maximum atomic E-state index is 11.6. The van der Waals surface area contributed by atoms with E-state index in [1.165, 1.54) is 0 Å². The number of benzene rings is 1. The highest BCUT2D eigenvalue weighted by atomic mass is 16.5. The number of rotatable bonds is 4. The molecule has 0 radical (unpaired) electrons. The number of ketones is 1. The van der Waals surface area contributed by atoms with Gasteiger partial charge in [0.15, 0.2) is 0 Å². The minimum absolute atomic E-state index is 0.221. The van der Waals surface area contributed by atoms with Crippen molar-refractivity contribution in [2.24, 2.45) is 0 Å². The second-order valence-electron chi connectivity index (χ2n) is 3.06. The van der Waals surface area contributed by atoms with Crippen molar-refractivity contribution in [2.45, 2.75) is 20.3 Å². The number of Topliss-reactive ketones (excluding diaryl/α,β-unsaturated/α-hetero) is 1. The third-order valence-electron chi connectivity index (χ3n) is 2.10. The molecule has 0 unspecified atom stereocenters. The van der Waals surface area contributed by atoms with Crippen LogP contribution in [0.3, 0.4) is 0 Å². The Labute approximate surface area is 89.1 Å². The molecule has 3 nitrogen and oxygen atoms in total. The summed E-state index contributed by atoms with van der Waals surface area (Å²) < 4.78 is 4.67. The smallest absolute Gasteiger partial charge is 0.379 e. The minimum atomic E-state index is -0.779. The molecule has 15 heavy (non-hydrogen) atoms. The summed E-state index contributed by atoms with van der Waals surface area (Å²) in [6, 6.07) is 7.08. The zero-order valence-electron chi connectivity index (χ0n) is 8.95. The molecule has 0 aromatic heterocycles. The molecule has 0 fully saturated rings. The average molecular weight is 206 g/mol. The van der Waals surface area contributed by atoms with Crippen molar-refractivity contribution in [1.29, 1.82) is 0 Å². The highest BCUT2D eigenvalue weighted by molar-refractivity contribution is 6.41. The van der Waals surface area contributed by atoms with Crippen molar-refractivity contribution >= 4 is 11.8 Å². The highest BCUT2D eigenvalue weighted by Crippen LogP contribution is 2.10. The lowest BCUT2D eigenvalue weighted by Gasteiger charge is -2.05. The second kappa shape index (κ2) is 5.29. The predicted octanol–water partition coefficient (Wildman–Crippen LogP) is 1.99. The Morgan fingerprint density at radius 3 is 2.47 bits per heavy atom. The summed E-state index contributed by atoms with van der Waals surface area (Å²) >= 11 is 0. The van der Waals surface area contributed by atoms with Crippen LogP contribution in [-0.2, 0) is 16.0 Å². The first-order valence-corrected chi connectivity index (χ1v) is 5.00. The monoisotopic (exact) mass is 206 g/mol. The van der Waals surface area contributed by atoms with Gasteiger partial charge in [0.05, 0.1) is 6.61 Å². The van der Waals surface area contributed by atoms with Crippen LogP contribution in [0.1, 0.15) is 29.8 Å². The van der Waals surface area contributed by atoms with Crippen LogP contribution in [0.2, 0.25) is 0 Å². The van der Waals surface area contributed by atoms with Gasteiger partial charge in [-0.3, -0.25) is 4.79 Å². The summed E-state index contributed by atoms with van der Waals surface area (Å²) in [4.78, 5) is 22.9. The van der Waals surface area contributed by atoms with Crippen LogP contribution < -0.4 is 0 Å². The van der Waals surface area contributed by atoms with Crippen LogP contribution in [0.5, 0.6) is 0 Å². The van der Waals surface area contributed by atoms with E-state index in [-0.39, 0.29) is 6.61 Å². The summed E-state index contributed by atoms with van der Waals surface area (Å²) in [7, 11) is 0. The molecule has 0 spiro atoms. The van der Waals surface area contributed by atoms with Crippen LogP contribution in [0, 0.1) is 0 Å². The molecular weight excluding hydrogens is 192 g/mol. The van der Waals surface area contributed by atoms with E-state index in [1.807, 2.05) is 19.1 Å². The molecule has 0 aliphatic heterocycles. The first-order valence-electron chi connectivity index (χ1n) is 5.00. The zero-order chi connectivity index (χ0) is 11.3. The molecule has 0 atom stereocenters. The van der Waals surface area contributed by atoms with Crippen LogP contribution >= 0.6 is 0 Å². The van der Waals surface area contributed by atoms with E-state index >= 15 is 0 Å². The van der Waals surface area contributed by atoms with Crippen LogP contribution in [0.15, 0.2) is 24.3 Å². The zero-order valence-corrected chi connectivity index (χ0v) is 8.95. The van der Waals surface area contributed by atoms with E-state index in [0.717, 1.165) is 12.0 Å². The molecule has 3 heteroatoms. The SMILES string of the molecule is CCOC(=O)C(=O)c1ccccc1CC. The van der Waals surface area contributed by atoms with Gasteiger partial charge in [-0.25, -0.2) is 4.79 Å². The van der Waals surface area contributed by atoms with Gasteiger partial charge in [0.2, 0.25) is 0 Å². The quantitative estimate of drug-likeness (QED) is 0.430. The van der Waals surface area contributed by atoms with E-state index < -0.39 is 11.8 Å². The van der Waals surface area contributed by atoms with Crippen LogP contribution in [0.25, 0.3) is 0 Å². The fourth-order valence-electron chi connectivity index (χ4n) is 1.36. The van der Waals surface area contributed by atoms with Crippen molar-refractivity contribution in [2.75, 3.05) is 6.61 Å². The van der Waals surface area contributed by atoms with Gasteiger partial charge < -0.3 is 4.74 Å². The lowest BCUT2D eigenvalue weighted by atomic mass is 10.0. The molecule has 1 aromatic carbocycles. The number of hydrogen-bond donors (Lipinski definition) is 0. The van der Waals surface area contributed by atoms with Gasteiger partial charge in [0, 0.05) is 5.56 Å². The Balaban J connectivity index is 2.95. The van der Waals surface area contributed by atoms with Gasteiger partial charge in [0.1, 0.15) is 0 Å². The molecule has 1 rings (SSSR count). The molecule has 0 N–H and O–H groups in total. The minimum Gasteiger partial charge on any atom is -0.460 e. The number of ether oxygens (including phenoxy) is 1. The first kappa shape index (κ1) is 11.4. The standard InChI is InChI=1S/C12H14O3/c1-3-9-7-5-6-8-10(9)11(13)12(14)15-4-2/h5-8H,3-4H2,1-2H3. The van der Waals surface area contributed by atoms with Crippen molar-refractivity contribution in [1.82, 2.24) is 0 Å². The Bertz CT molecular complexity index is 369. The average Bonchev–Trinajstić information content (AvgIpc) is 2.28. The van der Waals surface area contributed by atoms with E-state index in [4.69, 9.17) is 0 Å². The molecule has 0 saturated heterocycles. The number of hydrogen-bond acceptors (Lipinski definition) is 3.